The lowest BCUT2D eigenvalue weighted by atomic mass is 10.1. The SMILES string of the molecule is COc1ccc(Nc2nccc(Nc3cc(C)nn3-c3cccc(C(C)=O)c3)n2)cc1OC. The van der Waals surface area contributed by atoms with Crippen LogP contribution in [0.25, 0.3) is 5.69 Å². The Morgan fingerprint density at radius 2 is 1.79 bits per heavy atom. The number of anilines is 4. The highest BCUT2D eigenvalue weighted by molar-refractivity contribution is 5.94. The fourth-order valence-electron chi connectivity index (χ4n) is 3.30. The zero-order valence-electron chi connectivity index (χ0n) is 18.8. The van der Waals surface area contributed by atoms with Gasteiger partial charge in [0.1, 0.15) is 11.6 Å². The molecule has 2 heterocycles. The minimum Gasteiger partial charge on any atom is -0.493 e. The lowest BCUT2D eigenvalue weighted by Gasteiger charge is -2.12. The van der Waals surface area contributed by atoms with Gasteiger partial charge >= 0.3 is 0 Å². The number of benzene rings is 2. The minimum atomic E-state index is -0.00286. The summed E-state index contributed by atoms with van der Waals surface area (Å²) in [5.41, 5.74) is 2.97. The van der Waals surface area contributed by atoms with Crippen LogP contribution in [0.3, 0.4) is 0 Å². The van der Waals surface area contributed by atoms with Crippen molar-refractivity contribution in [3.8, 4) is 17.2 Å². The quantitative estimate of drug-likeness (QED) is 0.378. The first kappa shape index (κ1) is 21.8. The summed E-state index contributed by atoms with van der Waals surface area (Å²) >= 11 is 0. The first-order chi connectivity index (χ1) is 16.0. The first-order valence-electron chi connectivity index (χ1n) is 10.2. The van der Waals surface area contributed by atoms with Gasteiger partial charge in [-0.3, -0.25) is 4.79 Å². The third kappa shape index (κ3) is 4.93. The molecule has 4 aromatic rings. The molecule has 0 radical (unpaired) electrons. The summed E-state index contributed by atoms with van der Waals surface area (Å²) in [6.07, 6.45) is 1.66. The highest BCUT2D eigenvalue weighted by Gasteiger charge is 2.11. The van der Waals surface area contributed by atoms with Crippen molar-refractivity contribution < 1.29 is 14.3 Å². The van der Waals surface area contributed by atoms with Crippen molar-refractivity contribution in [3.63, 3.8) is 0 Å². The van der Waals surface area contributed by atoms with Crippen molar-refractivity contribution in [2.24, 2.45) is 0 Å². The lowest BCUT2D eigenvalue weighted by Crippen LogP contribution is -2.06. The van der Waals surface area contributed by atoms with E-state index in [1.807, 2.05) is 43.3 Å². The Hall–Kier alpha value is -4.40. The lowest BCUT2D eigenvalue weighted by molar-refractivity contribution is 0.101. The van der Waals surface area contributed by atoms with E-state index in [2.05, 4.69) is 25.7 Å². The van der Waals surface area contributed by atoms with Gasteiger partial charge in [0.2, 0.25) is 5.95 Å². The number of rotatable bonds is 8. The van der Waals surface area contributed by atoms with Crippen LogP contribution in [0.1, 0.15) is 23.0 Å². The van der Waals surface area contributed by atoms with Crippen LogP contribution < -0.4 is 20.1 Å². The van der Waals surface area contributed by atoms with Crippen LogP contribution in [0.2, 0.25) is 0 Å². The van der Waals surface area contributed by atoms with Gasteiger partial charge in [-0.1, -0.05) is 12.1 Å². The summed E-state index contributed by atoms with van der Waals surface area (Å²) in [5, 5.41) is 11.0. The van der Waals surface area contributed by atoms with Gasteiger partial charge < -0.3 is 20.1 Å². The van der Waals surface area contributed by atoms with Gasteiger partial charge in [0.15, 0.2) is 17.3 Å². The van der Waals surface area contributed by atoms with E-state index >= 15 is 0 Å². The average Bonchev–Trinajstić information content (AvgIpc) is 3.19. The second-order valence-electron chi connectivity index (χ2n) is 7.27. The van der Waals surface area contributed by atoms with E-state index in [4.69, 9.17) is 9.47 Å². The molecule has 0 spiro atoms. The number of ether oxygens (including phenoxy) is 2. The van der Waals surface area contributed by atoms with Crippen LogP contribution in [-0.2, 0) is 0 Å². The van der Waals surface area contributed by atoms with E-state index in [9.17, 15) is 4.79 Å². The molecule has 0 unspecified atom stereocenters. The molecule has 0 aliphatic heterocycles. The molecule has 2 aromatic carbocycles. The standard InChI is InChI=1S/C24H24N6O3/c1-15-12-23(30(29-15)19-7-5-6-17(13-19)16(2)31)27-22-10-11-25-24(28-22)26-18-8-9-20(32-3)21(14-18)33-4/h5-14H,1-4H3,(H2,25,26,27,28). The third-order valence-corrected chi connectivity index (χ3v) is 4.88. The van der Waals surface area contributed by atoms with Gasteiger partial charge in [-0.25, -0.2) is 9.67 Å². The molecule has 0 saturated carbocycles. The van der Waals surface area contributed by atoms with Gasteiger partial charge in [-0.2, -0.15) is 10.1 Å². The molecule has 0 fully saturated rings. The Morgan fingerprint density at radius 1 is 0.970 bits per heavy atom. The van der Waals surface area contributed by atoms with Crippen molar-refractivity contribution in [1.29, 1.82) is 0 Å². The topological polar surface area (TPSA) is 103 Å². The number of carbonyl (C=O) groups excluding carboxylic acids is 1. The van der Waals surface area contributed by atoms with E-state index in [1.54, 1.807) is 50.2 Å². The number of hydrogen-bond acceptors (Lipinski definition) is 8. The van der Waals surface area contributed by atoms with Gasteiger partial charge in [0.25, 0.3) is 0 Å². The molecule has 0 amide bonds. The van der Waals surface area contributed by atoms with Crippen LogP contribution in [0, 0.1) is 6.92 Å². The molecule has 168 valence electrons. The highest BCUT2D eigenvalue weighted by atomic mass is 16.5. The molecule has 4 rings (SSSR count). The first-order valence-corrected chi connectivity index (χ1v) is 10.2. The van der Waals surface area contributed by atoms with Crippen molar-refractivity contribution in [2.45, 2.75) is 13.8 Å². The van der Waals surface area contributed by atoms with Gasteiger partial charge in [0.05, 0.1) is 25.6 Å². The van der Waals surface area contributed by atoms with E-state index in [0.29, 0.717) is 34.6 Å². The molecule has 0 saturated heterocycles. The van der Waals surface area contributed by atoms with Crippen molar-refractivity contribution >= 4 is 29.1 Å². The van der Waals surface area contributed by atoms with E-state index in [1.165, 1.54) is 0 Å². The minimum absolute atomic E-state index is 0.00286. The highest BCUT2D eigenvalue weighted by Crippen LogP contribution is 2.31. The van der Waals surface area contributed by atoms with Crippen molar-refractivity contribution in [2.75, 3.05) is 24.9 Å². The fraction of sp³-hybridized carbons (Fsp3) is 0.167. The van der Waals surface area contributed by atoms with Gasteiger partial charge in [-0.05, 0) is 44.2 Å². The Labute approximate surface area is 191 Å². The summed E-state index contributed by atoms with van der Waals surface area (Å²) < 4.78 is 12.4. The van der Waals surface area contributed by atoms with Crippen LogP contribution in [-0.4, -0.2) is 39.8 Å². The molecule has 9 nitrogen and oxygen atoms in total. The summed E-state index contributed by atoms with van der Waals surface area (Å²) in [4.78, 5) is 20.6. The molecule has 0 atom stereocenters. The van der Waals surface area contributed by atoms with Crippen LogP contribution in [0.4, 0.5) is 23.3 Å². The summed E-state index contributed by atoms with van der Waals surface area (Å²) in [6, 6.07) is 16.5. The smallest absolute Gasteiger partial charge is 0.229 e. The molecular formula is C24H24N6O3. The molecule has 0 aliphatic rings. The average molecular weight is 444 g/mol. The van der Waals surface area contributed by atoms with Gasteiger partial charge in [-0.15, -0.1) is 0 Å². The van der Waals surface area contributed by atoms with Crippen LogP contribution in [0.5, 0.6) is 11.5 Å². The molecule has 0 aliphatic carbocycles. The zero-order chi connectivity index (χ0) is 23.4. The van der Waals surface area contributed by atoms with Crippen LogP contribution in [0.15, 0.2) is 60.8 Å². The molecule has 2 aromatic heterocycles. The van der Waals surface area contributed by atoms with Crippen molar-refractivity contribution in [1.82, 2.24) is 19.7 Å². The number of nitrogens with zero attached hydrogens (tertiary/aromatic N) is 4. The number of ketones is 1. The zero-order valence-corrected chi connectivity index (χ0v) is 18.8. The number of nitrogens with one attached hydrogen (secondary N) is 2. The van der Waals surface area contributed by atoms with Gasteiger partial charge in [0, 0.05) is 29.6 Å². The maximum atomic E-state index is 11.8. The number of aryl methyl sites for hydroxylation is 1. The normalized spacial score (nSPS) is 10.5. The van der Waals surface area contributed by atoms with Crippen molar-refractivity contribution in [3.05, 3.63) is 72.1 Å². The maximum absolute atomic E-state index is 11.8. The fourth-order valence-corrected chi connectivity index (χ4v) is 3.30. The monoisotopic (exact) mass is 444 g/mol. The number of aromatic nitrogens is 4. The number of carbonyl (C=O) groups is 1. The second-order valence-corrected chi connectivity index (χ2v) is 7.27. The van der Waals surface area contributed by atoms with E-state index in [-0.39, 0.29) is 5.78 Å². The third-order valence-electron chi connectivity index (χ3n) is 4.88. The summed E-state index contributed by atoms with van der Waals surface area (Å²) in [5.74, 6) is 2.94. The molecular weight excluding hydrogens is 420 g/mol. The molecule has 0 bridgehead atoms. The van der Waals surface area contributed by atoms with Crippen LogP contribution >= 0.6 is 0 Å². The Kier molecular flexibility index (Phi) is 6.21. The maximum Gasteiger partial charge on any atom is 0.229 e. The number of Topliss-reactive ketones (excluding diaryl/α,β-unsaturated/α-hetero) is 1. The second kappa shape index (κ2) is 9.39. The predicted molar refractivity (Wildman–Crippen MR) is 126 cm³/mol. The Morgan fingerprint density at radius 3 is 2.55 bits per heavy atom. The Balaban J connectivity index is 1.59. The molecule has 9 heteroatoms. The van der Waals surface area contributed by atoms with E-state index < -0.39 is 0 Å². The predicted octanol–water partition coefficient (Wildman–Crippen LogP) is 4.68. The Bertz CT molecular complexity index is 1300. The summed E-state index contributed by atoms with van der Waals surface area (Å²) in [6.45, 7) is 3.45. The number of methoxy groups -OCH3 is 2. The summed E-state index contributed by atoms with van der Waals surface area (Å²) in [7, 11) is 3.17. The largest absolute Gasteiger partial charge is 0.493 e. The van der Waals surface area contributed by atoms with E-state index in [0.717, 1.165) is 17.1 Å². The molecule has 33 heavy (non-hydrogen) atoms. The molecule has 2 N–H and O–H groups in total. The number of hydrogen-bond donors (Lipinski definition) is 2.